The summed E-state index contributed by atoms with van der Waals surface area (Å²) in [6, 6.07) is 13.5. The van der Waals surface area contributed by atoms with Gasteiger partial charge in [-0.2, -0.15) is 0 Å². The van der Waals surface area contributed by atoms with Crippen LogP contribution in [0, 0.1) is 0 Å². The van der Waals surface area contributed by atoms with Gasteiger partial charge in [-0.15, -0.1) is 0 Å². The molecule has 0 bridgehead atoms. The van der Waals surface area contributed by atoms with Gasteiger partial charge in [0.05, 0.1) is 23.8 Å². The number of carbonyl (C=O) groups excluding carboxylic acids is 1. The van der Waals surface area contributed by atoms with E-state index in [0.717, 1.165) is 39.1 Å². The van der Waals surface area contributed by atoms with Gasteiger partial charge in [0, 0.05) is 30.3 Å². The standard InChI is InChI=1S/C20H22Cl2N2O2/c21-16-5-8-19(22)18(14-16)20(25)23-9-1-2-15-3-6-17(7-4-15)24-10-12-26-13-11-24/h3-8,14H,1-2,9-13H2,(H,23,25). The first-order valence-electron chi connectivity index (χ1n) is 8.78. The first kappa shape index (κ1) is 19.0. The Morgan fingerprint density at radius 1 is 1.08 bits per heavy atom. The van der Waals surface area contributed by atoms with Gasteiger partial charge in [-0.05, 0) is 48.7 Å². The molecule has 1 amide bonds. The molecule has 0 saturated carbocycles. The molecule has 2 aromatic rings. The van der Waals surface area contributed by atoms with Crippen LogP contribution in [0.3, 0.4) is 0 Å². The molecule has 4 nitrogen and oxygen atoms in total. The molecule has 3 rings (SSSR count). The minimum absolute atomic E-state index is 0.194. The molecule has 0 spiro atoms. The molecule has 1 N–H and O–H groups in total. The molecule has 26 heavy (non-hydrogen) atoms. The topological polar surface area (TPSA) is 41.6 Å². The number of halogens is 2. The van der Waals surface area contributed by atoms with Crippen molar-refractivity contribution in [1.29, 1.82) is 0 Å². The third-order valence-electron chi connectivity index (χ3n) is 4.41. The first-order chi connectivity index (χ1) is 12.6. The molecule has 1 fully saturated rings. The highest BCUT2D eigenvalue weighted by Crippen LogP contribution is 2.20. The van der Waals surface area contributed by atoms with Crippen molar-refractivity contribution in [3.05, 3.63) is 63.6 Å². The molecule has 138 valence electrons. The van der Waals surface area contributed by atoms with Gasteiger partial charge in [-0.3, -0.25) is 4.79 Å². The third-order valence-corrected chi connectivity index (χ3v) is 4.98. The fourth-order valence-electron chi connectivity index (χ4n) is 2.96. The number of ether oxygens (including phenoxy) is 1. The molecule has 1 heterocycles. The molecule has 1 saturated heterocycles. The fraction of sp³-hybridized carbons (Fsp3) is 0.350. The van der Waals surface area contributed by atoms with Crippen LogP contribution in [0.4, 0.5) is 5.69 Å². The number of hydrogen-bond acceptors (Lipinski definition) is 3. The van der Waals surface area contributed by atoms with Crippen molar-refractivity contribution in [2.45, 2.75) is 12.8 Å². The lowest BCUT2D eigenvalue weighted by molar-refractivity contribution is 0.0953. The highest BCUT2D eigenvalue weighted by Gasteiger charge is 2.11. The summed E-state index contributed by atoms with van der Waals surface area (Å²) in [4.78, 5) is 14.5. The van der Waals surface area contributed by atoms with Gasteiger partial charge >= 0.3 is 0 Å². The van der Waals surface area contributed by atoms with Gasteiger partial charge in [0.1, 0.15) is 0 Å². The number of hydrogen-bond donors (Lipinski definition) is 1. The van der Waals surface area contributed by atoms with E-state index in [1.54, 1.807) is 18.2 Å². The molecule has 0 aromatic heterocycles. The summed E-state index contributed by atoms with van der Waals surface area (Å²) < 4.78 is 5.38. The highest BCUT2D eigenvalue weighted by atomic mass is 35.5. The molecule has 0 atom stereocenters. The Hall–Kier alpha value is -1.75. The predicted molar refractivity (Wildman–Crippen MR) is 107 cm³/mol. The first-order valence-corrected chi connectivity index (χ1v) is 9.54. The molecule has 2 aromatic carbocycles. The summed E-state index contributed by atoms with van der Waals surface area (Å²) in [5.74, 6) is -0.194. The van der Waals surface area contributed by atoms with E-state index in [4.69, 9.17) is 27.9 Å². The van der Waals surface area contributed by atoms with Gasteiger partial charge in [-0.1, -0.05) is 35.3 Å². The monoisotopic (exact) mass is 392 g/mol. The lowest BCUT2D eigenvalue weighted by Crippen LogP contribution is -2.36. The predicted octanol–water partition coefficient (Wildman–Crippen LogP) is 4.19. The van der Waals surface area contributed by atoms with E-state index in [9.17, 15) is 4.79 Å². The van der Waals surface area contributed by atoms with E-state index >= 15 is 0 Å². The van der Waals surface area contributed by atoms with Gasteiger partial charge in [0.25, 0.3) is 5.91 Å². The van der Waals surface area contributed by atoms with E-state index < -0.39 is 0 Å². The van der Waals surface area contributed by atoms with Crippen molar-refractivity contribution < 1.29 is 9.53 Å². The molecule has 1 aliphatic heterocycles. The quantitative estimate of drug-likeness (QED) is 0.749. The second kappa shape index (κ2) is 9.26. The SMILES string of the molecule is O=C(NCCCc1ccc(N2CCOCC2)cc1)c1cc(Cl)ccc1Cl. The Morgan fingerprint density at radius 2 is 1.81 bits per heavy atom. The summed E-state index contributed by atoms with van der Waals surface area (Å²) >= 11 is 12.0. The van der Waals surface area contributed by atoms with Gasteiger partial charge < -0.3 is 15.0 Å². The summed E-state index contributed by atoms with van der Waals surface area (Å²) in [6.45, 7) is 4.05. The number of anilines is 1. The Balaban J connectivity index is 1.44. The lowest BCUT2D eigenvalue weighted by Gasteiger charge is -2.28. The smallest absolute Gasteiger partial charge is 0.252 e. The average molecular weight is 393 g/mol. The normalized spacial score (nSPS) is 14.3. The second-order valence-corrected chi connectivity index (χ2v) is 7.09. The highest BCUT2D eigenvalue weighted by molar-refractivity contribution is 6.35. The van der Waals surface area contributed by atoms with E-state index in [2.05, 4.69) is 34.5 Å². The summed E-state index contributed by atoms with van der Waals surface area (Å²) in [5, 5.41) is 3.80. The minimum atomic E-state index is -0.194. The number of rotatable bonds is 6. The maximum Gasteiger partial charge on any atom is 0.252 e. The minimum Gasteiger partial charge on any atom is -0.378 e. The maximum absolute atomic E-state index is 12.2. The number of carbonyl (C=O) groups is 1. The Bertz CT molecular complexity index is 744. The van der Waals surface area contributed by atoms with Crippen LogP contribution in [-0.2, 0) is 11.2 Å². The van der Waals surface area contributed by atoms with Crippen LogP contribution in [-0.4, -0.2) is 38.8 Å². The van der Waals surface area contributed by atoms with Crippen LogP contribution in [0.5, 0.6) is 0 Å². The zero-order valence-corrected chi connectivity index (χ0v) is 16.0. The van der Waals surface area contributed by atoms with E-state index in [1.165, 1.54) is 11.3 Å². The van der Waals surface area contributed by atoms with E-state index in [1.807, 2.05) is 0 Å². The Morgan fingerprint density at radius 3 is 2.54 bits per heavy atom. The number of nitrogens with one attached hydrogen (secondary N) is 1. The van der Waals surface area contributed by atoms with Crippen LogP contribution in [0.15, 0.2) is 42.5 Å². The maximum atomic E-state index is 12.2. The summed E-state index contributed by atoms with van der Waals surface area (Å²) in [5.41, 5.74) is 2.91. The van der Waals surface area contributed by atoms with Crippen molar-refractivity contribution in [3.8, 4) is 0 Å². The number of aryl methyl sites for hydroxylation is 1. The third kappa shape index (κ3) is 5.13. The number of morpholine rings is 1. The molecular weight excluding hydrogens is 371 g/mol. The van der Waals surface area contributed by atoms with E-state index in [-0.39, 0.29) is 5.91 Å². The van der Waals surface area contributed by atoms with E-state index in [0.29, 0.717) is 22.2 Å². The number of amides is 1. The molecule has 6 heteroatoms. The van der Waals surface area contributed by atoms with Gasteiger partial charge in [0.2, 0.25) is 0 Å². The Kier molecular flexibility index (Phi) is 6.78. The van der Waals surface area contributed by atoms with Crippen molar-refractivity contribution >= 4 is 34.8 Å². The Labute approximate surface area is 164 Å². The van der Waals surface area contributed by atoms with Crippen LogP contribution >= 0.6 is 23.2 Å². The number of benzene rings is 2. The molecular formula is C20H22Cl2N2O2. The van der Waals surface area contributed by atoms with Crippen molar-refractivity contribution in [3.63, 3.8) is 0 Å². The van der Waals surface area contributed by atoms with Gasteiger partial charge in [0.15, 0.2) is 0 Å². The molecule has 0 radical (unpaired) electrons. The van der Waals surface area contributed by atoms with Gasteiger partial charge in [-0.25, -0.2) is 0 Å². The van der Waals surface area contributed by atoms with Crippen LogP contribution < -0.4 is 10.2 Å². The van der Waals surface area contributed by atoms with Crippen molar-refractivity contribution in [2.75, 3.05) is 37.7 Å². The lowest BCUT2D eigenvalue weighted by atomic mass is 10.1. The van der Waals surface area contributed by atoms with Crippen LogP contribution in [0.25, 0.3) is 0 Å². The molecule has 1 aliphatic rings. The molecule has 0 unspecified atom stereocenters. The fourth-order valence-corrected chi connectivity index (χ4v) is 3.33. The zero-order chi connectivity index (χ0) is 18.4. The summed E-state index contributed by atoms with van der Waals surface area (Å²) in [6.07, 6.45) is 1.77. The van der Waals surface area contributed by atoms with Crippen LogP contribution in [0.2, 0.25) is 10.0 Å². The number of nitrogens with zero attached hydrogens (tertiary/aromatic N) is 1. The van der Waals surface area contributed by atoms with Crippen molar-refractivity contribution in [1.82, 2.24) is 5.32 Å². The average Bonchev–Trinajstić information content (AvgIpc) is 2.68. The summed E-state index contributed by atoms with van der Waals surface area (Å²) in [7, 11) is 0. The van der Waals surface area contributed by atoms with Crippen LogP contribution in [0.1, 0.15) is 22.3 Å². The second-order valence-electron chi connectivity index (χ2n) is 6.25. The molecule has 0 aliphatic carbocycles. The van der Waals surface area contributed by atoms with Crippen molar-refractivity contribution in [2.24, 2.45) is 0 Å². The largest absolute Gasteiger partial charge is 0.378 e. The zero-order valence-electron chi connectivity index (χ0n) is 14.5.